The van der Waals surface area contributed by atoms with Crippen molar-refractivity contribution in [1.29, 1.82) is 0 Å². The molecule has 7 heteroatoms. The maximum atomic E-state index is 4.51. The van der Waals surface area contributed by atoms with Crippen LogP contribution >= 0.6 is 0 Å². The summed E-state index contributed by atoms with van der Waals surface area (Å²) in [6.07, 6.45) is 5.98. The number of pyridine rings is 1. The average Bonchev–Trinajstić information content (AvgIpc) is 3.08. The first-order valence-corrected chi connectivity index (χ1v) is 7.17. The first kappa shape index (κ1) is 13.5. The fourth-order valence-electron chi connectivity index (χ4n) is 2.30. The van der Waals surface area contributed by atoms with Gasteiger partial charge in [-0.25, -0.2) is 0 Å². The third kappa shape index (κ3) is 3.36. The molecule has 7 nitrogen and oxygen atoms in total. The number of hydrogen-bond donors (Lipinski definition) is 2. The lowest BCUT2D eigenvalue weighted by molar-refractivity contribution is 0.878. The molecule has 0 spiro atoms. The first-order chi connectivity index (χ1) is 10.3. The van der Waals surface area contributed by atoms with Gasteiger partial charge in [0.05, 0.1) is 0 Å². The van der Waals surface area contributed by atoms with Crippen molar-refractivity contribution in [2.75, 3.05) is 35.7 Å². The molecule has 1 saturated heterocycles. The van der Waals surface area contributed by atoms with Crippen molar-refractivity contribution in [3.05, 3.63) is 30.1 Å². The summed E-state index contributed by atoms with van der Waals surface area (Å²) >= 11 is 0. The molecule has 0 amide bonds. The van der Waals surface area contributed by atoms with E-state index in [0.717, 1.165) is 24.6 Å². The maximum absolute atomic E-state index is 4.51. The van der Waals surface area contributed by atoms with E-state index in [-0.39, 0.29) is 0 Å². The van der Waals surface area contributed by atoms with Gasteiger partial charge in [0, 0.05) is 39.1 Å². The molecule has 0 unspecified atom stereocenters. The molecule has 2 aromatic heterocycles. The lowest BCUT2D eigenvalue weighted by Crippen LogP contribution is -2.22. The minimum Gasteiger partial charge on any atom is -0.357 e. The summed E-state index contributed by atoms with van der Waals surface area (Å²) in [4.78, 5) is 19.6. The Hall–Kier alpha value is -2.44. The van der Waals surface area contributed by atoms with Gasteiger partial charge in [0.1, 0.15) is 0 Å². The fourth-order valence-corrected chi connectivity index (χ4v) is 2.30. The van der Waals surface area contributed by atoms with Gasteiger partial charge in [0.15, 0.2) is 0 Å². The van der Waals surface area contributed by atoms with E-state index in [0.29, 0.717) is 18.4 Å². The third-order valence-corrected chi connectivity index (χ3v) is 3.41. The molecule has 1 aliphatic rings. The van der Waals surface area contributed by atoms with Crippen molar-refractivity contribution in [3.63, 3.8) is 0 Å². The molecule has 21 heavy (non-hydrogen) atoms. The third-order valence-electron chi connectivity index (χ3n) is 3.41. The molecule has 2 aromatic rings. The second-order valence-electron chi connectivity index (χ2n) is 4.94. The highest BCUT2D eigenvalue weighted by Gasteiger charge is 2.17. The molecular weight excluding hydrogens is 266 g/mol. The quantitative estimate of drug-likeness (QED) is 0.862. The Morgan fingerprint density at radius 3 is 2.67 bits per heavy atom. The second-order valence-corrected chi connectivity index (χ2v) is 4.94. The van der Waals surface area contributed by atoms with E-state index in [1.54, 1.807) is 6.20 Å². The van der Waals surface area contributed by atoms with Gasteiger partial charge in [-0.3, -0.25) is 4.98 Å². The summed E-state index contributed by atoms with van der Waals surface area (Å²) in [6, 6.07) is 3.93. The Bertz CT molecular complexity index is 581. The topological polar surface area (TPSA) is 78.9 Å². The van der Waals surface area contributed by atoms with Crippen LogP contribution in [0.3, 0.4) is 0 Å². The summed E-state index contributed by atoms with van der Waals surface area (Å²) in [7, 11) is 1.81. The predicted molar refractivity (Wildman–Crippen MR) is 82.4 cm³/mol. The number of anilines is 3. The van der Waals surface area contributed by atoms with Crippen LogP contribution in [0.2, 0.25) is 0 Å². The van der Waals surface area contributed by atoms with E-state index in [1.165, 1.54) is 12.8 Å². The molecule has 110 valence electrons. The summed E-state index contributed by atoms with van der Waals surface area (Å²) in [5.74, 6) is 1.90. The molecule has 0 bridgehead atoms. The van der Waals surface area contributed by atoms with Crippen LogP contribution in [-0.4, -0.2) is 40.1 Å². The number of rotatable bonds is 5. The van der Waals surface area contributed by atoms with Crippen molar-refractivity contribution in [2.24, 2.45) is 0 Å². The Morgan fingerprint density at radius 1 is 1.14 bits per heavy atom. The van der Waals surface area contributed by atoms with E-state index in [1.807, 2.05) is 25.4 Å². The number of nitrogens with zero attached hydrogens (tertiary/aromatic N) is 5. The number of hydrogen-bond acceptors (Lipinski definition) is 7. The van der Waals surface area contributed by atoms with E-state index in [2.05, 4.69) is 35.5 Å². The van der Waals surface area contributed by atoms with E-state index < -0.39 is 0 Å². The molecule has 0 saturated carbocycles. The highest BCUT2D eigenvalue weighted by Crippen LogP contribution is 2.18. The molecule has 0 atom stereocenters. The van der Waals surface area contributed by atoms with Crippen LogP contribution in [0, 0.1) is 0 Å². The van der Waals surface area contributed by atoms with Crippen LogP contribution < -0.4 is 15.5 Å². The normalized spacial score (nSPS) is 14.2. The smallest absolute Gasteiger partial charge is 0.231 e. The molecule has 0 aromatic carbocycles. The highest BCUT2D eigenvalue weighted by molar-refractivity contribution is 5.44. The zero-order valence-corrected chi connectivity index (χ0v) is 12.1. The molecule has 1 fully saturated rings. The molecule has 3 heterocycles. The summed E-state index contributed by atoms with van der Waals surface area (Å²) in [5.41, 5.74) is 1.09. The van der Waals surface area contributed by atoms with Crippen molar-refractivity contribution in [2.45, 2.75) is 19.4 Å². The van der Waals surface area contributed by atoms with E-state index >= 15 is 0 Å². The van der Waals surface area contributed by atoms with E-state index in [9.17, 15) is 0 Å². The van der Waals surface area contributed by atoms with Crippen LogP contribution in [0.15, 0.2) is 24.5 Å². The minimum absolute atomic E-state index is 0.583. The Morgan fingerprint density at radius 2 is 1.95 bits per heavy atom. The van der Waals surface area contributed by atoms with Gasteiger partial charge >= 0.3 is 0 Å². The monoisotopic (exact) mass is 285 g/mol. The Labute approximate surface area is 123 Å². The fraction of sp³-hybridized carbons (Fsp3) is 0.429. The summed E-state index contributed by atoms with van der Waals surface area (Å²) < 4.78 is 0. The van der Waals surface area contributed by atoms with Crippen LogP contribution in [0.1, 0.15) is 18.4 Å². The van der Waals surface area contributed by atoms with Crippen LogP contribution in [-0.2, 0) is 6.54 Å². The molecule has 1 aliphatic heterocycles. The molecule has 0 aliphatic carbocycles. The van der Waals surface area contributed by atoms with Gasteiger partial charge in [-0.05, 0) is 24.5 Å². The van der Waals surface area contributed by atoms with Crippen LogP contribution in [0.5, 0.6) is 0 Å². The number of nitrogens with one attached hydrogen (secondary N) is 2. The van der Waals surface area contributed by atoms with Crippen molar-refractivity contribution in [1.82, 2.24) is 19.9 Å². The van der Waals surface area contributed by atoms with Crippen molar-refractivity contribution < 1.29 is 0 Å². The van der Waals surface area contributed by atoms with E-state index in [4.69, 9.17) is 0 Å². The van der Waals surface area contributed by atoms with Gasteiger partial charge < -0.3 is 15.5 Å². The highest BCUT2D eigenvalue weighted by atomic mass is 15.3. The van der Waals surface area contributed by atoms with Crippen LogP contribution in [0.4, 0.5) is 17.8 Å². The largest absolute Gasteiger partial charge is 0.357 e. The Balaban J connectivity index is 1.75. The molecular formula is C14H19N7. The van der Waals surface area contributed by atoms with Gasteiger partial charge in [-0.1, -0.05) is 6.07 Å². The van der Waals surface area contributed by atoms with Crippen LogP contribution in [0.25, 0.3) is 0 Å². The SMILES string of the molecule is CNc1nc(NCc2cccnc2)nc(N2CCCC2)n1. The molecule has 0 radical (unpaired) electrons. The van der Waals surface area contributed by atoms with Gasteiger partial charge in [0.2, 0.25) is 17.8 Å². The van der Waals surface area contributed by atoms with Crippen molar-refractivity contribution in [3.8, 4) is 0 Å². The molecule has 2 N–H and O–H groups in total. The lowest BCUT2D eigenvalue weighted by atomic mass is 10.3. The zero-order chi connectivity index (χ0) is 14.5. The predicted octanol–water partition coefficient (Wildman–Crippen LogP) is 1.52. The second kappa shape index (κ2) is 6.34. The average molecular weight is 285 g/mol. The minimum atomic E-state index is 0.583. The van der Waals surface area contributed by atoms with Gasteiger partial charge in [0.25, 0.3) is 0 Å². The molecule has 3 rings (SSSR count). The number of aromatic nitrogens is 4. The van der Waals surface area contributed by atoms with Gasteiger partial charge in [-0.2, -0.15) is 15.0 Å². The standard InChI is InChI=1S/C14H19N7/c1-15-12-18-13(17-10-11-5-4-6-16-9-11)20-14(19-12)21-7-2-3-8-21/h4-6,9H,2-3,7-8,10H2,1H3,(H2,15,17,18,19,20). The zero-order valence-electron chi connectivity index (χ0n) is 12.1. The Kier molecular flexibility index (Phi) is 4.09. The maximum Gasteiger partial charge on any atom is 0.231 e. The summed E-state index contributed by atoms with van der Waals surface area (Å²) in [6.45, 7) is 2.66. The van der Waals surface area contributed by atoms with Gasteiger partial charge in [-0.15, -0.1) is 0 Å². The summed E-state index contributed by atoms with van der Waals surface area (Å²) in [5, 5.41) is 6.22. The first-order valence-electron chi connectivity index (χ1n) is 7.17. The lowest BCUT2D eigenvalue weighted by Gasteiger charge is -2.16. The van der Waals surface area contributed by atoms with Crippen molar-refractivity contribution >= 4 is 17.8 Å².